The summed E-state index contributed by atoms with van der Waals surface area (Å²) in [4.78, 5) is 0.927. The first-order chi connectivity index (χ1) is 8.34. The standard InChI is InChI=1S/C16H16Se/c1-10-4-2-7-13-12-6-3-5-11-8-9-14(12)16(11)17-15(10)13/h2-4,6-9,11-12,14,16H,5H2,1H3. The van der Waals surface area contributed by atoms with Gasteiger partial charge in [0.1, 0.15) is 0 Å². The van der Waals surface area contributed by atoms with Crippen molar-refractivity contribution < 1.29 is 0 Å². The Bertz CT molecular complexity index is 526. The third kappa shape index (κ3) is 1.36. The van der Waals surface area contributed by atoms with Gasteiger partial charge in [-0.05, 0) is 0 Å². The predicted molar refractivity (Wildman–Crippen MR) is 72.9 cm³/mol. The van der Waals surface area contributed by atoms with Gasteiger partial charge in [0.05, 0.1) is 0 Å². The van der Waals surface area contributed by atoms with Crippen LogP contribution < -0.4 is 4.46 Å². The molecule has 4 unspecified atom stereocenters. The molecule has 86 valence electrons. The number of allylic oxidation sites excluding steroid dienone is 4. The molecular formula is C16H16Se. The first-order valence-corrected chi connectivity index (χ1v) is 8.30. The SMILES string of the molecule is Cc1cccc2c1[Se]C1C3C=CC1C2C=CC3. The Hall–Kier alpha value is -0.781. The molecule has 0 aromatic heterocycles. The molecule has 0 radical (unpaired) electrons. The molecule has 0 spiro atoms. The summed E-state index contributed by atoms with van der Waals surface area (Å²) in [7, 11) is 0. The monoisotopic (exact) mass is 288 g/mol. The molecule has 0 nitrogen and oxygen atoms in total. The van der Waals surface area contributed by atoms with Crippen LogP contribution in [0.2, 0.25) is 4.82 Å². The normalized spacial score (nSPS) is 36.8. The Kier molecular flexibility index (Phi) is 2.16. The molecule has 2 aliphatic carbocycles. The van der Waals surface area contributed by atoms with Crippen molar-refractivity contribution in [2.75, 3.05) is 0 Å². The van der Waals surface area contributed by atoms with E-state index in [2.05, 4.69) is 49.4 Å². The van der Waals surface area contributed by atoms with Gasteiger partial charge in [0.25, 0.3) is 0 Å². The Morgan fingerprint density at radius 2 is 2.12 bits per heavy atom. The van der Waals surface area contributed by atoms with E-state index in [1.54, 1.807) is 10.0 Å². The van der Waals surface area contributed by atoms with E-state index < -0.39 is 0 Å². The van der Waals surface area contributed by atoms with Gasteiger partial charge in [-0.2, -0.15) is 0 Å². The minimum atomic E-state index is 0.661. The van der Waals surface area contributed by atoms with E-state index in [9.17, 15) is 0 Å². The fourth-order valence-corrected chi connectivity index (χ4v) is 7.02. The van der Waals surface area contributed by atoms with Gasteiger partial charge >= 0.3 is 109 Å². The van der Waals surface area contributed by atoms with E-state index in [0.29, 0.717) is 20.9 Å². The van der Waals surface area contributed by atoms with E-state index in [-0.39, 0.29) is 0 Å². The van der Waals surface area contributed by atoms with Gasteiger partial charge in [-0.1, -0.05) is 0 Å². The summed E-state index contributed by atoms with van der Waals surface area (Å²) in [5, 5.41) is 0. The van der Waals surface area contributed by atoms with Crippen LogP contribution in [0.25, 0.3) is 0 Å². The van der Waals surface area contributed by atoms with E-state index >= 15 is 0 Å². The van der Waals surface area contributed by atoms with Crippen molar-refractivity contribution in [2.24, 2.45) is 11.8 Å². The fourth-order valence-electron chi connectivity index (χ4n) is 3.53. The minimum absolute atomic E-state index is 0.661. The third-order valence-electron chi connectivity index (χ3n) is 4.40. The Morgan fingerprint density at radius 1 is 1.18 bits per heavy atom. The Labute approximate surface area is 109 Å². The quantitative estimate of drug-likeness (QED) is 0.508. The zero-order valence-corrected chi connectivity index (χ0v) is 11.7. The van der Waals surface area contributed by atoms with Gasteiger partial charge in [0.2, 0.25) is 0 Å². The van der Waals surface area contributed by atoms with Crippen LogP contribution in [0, 0.1) is 18.8 Å². The average molecular weight is 287 g/mol. The van der Waals surface area contributed by atoms with Crippen LogP contribution >= 0.6 is 0 Å². The molecule has 4 rings (SSSR count). The summed E-state index contributed by atoms with van der Waals surface area (Å²) in [6.07, 6.45) is 11.2. The van der Waals surface area contributed by atoms with Crippen LogP contribution in [0.3, 0.4) is 0 Å². The number of hydrogen-bond donors (Lipinski definition) is 0. The van der Waals surface area contributed by atoms with Crippen LogP contribution in [0.5, 0.6) is 0 Å². The molecule has 17 heavy (non-hydrogen) atoms. The van der Waals surface area contributed by atoms with Gasteiger partial charge in [0, 0.05) is 0 Å². The van der Waals surface area contributed by atoms with Crippen molar-refractivity contribution in [2.45, 2.75) is 24.1 Å². The number of hydrogen-bond acceptors (Lipinski definition) is 0. The number of aryl methyl sites for hydroxylation is 1. The zero-order chi connectivity index (χ0) is 11.4. The molecule has 0 saturated heterocycles. The van der Waals surface area contributed by atoms with Gasteiger partial charge in [-0.25, -0.2) is 0 Å². The maximum atomic E-state index is 2.51. The van der Waals surface area contributed by atoms with Crippen LogP contribution in [0.1, 0.15) is 23.5 Å². The third-order valence-corrected chi connectivity index (χ3v) is 8.03. The Balaban J connectivity index is 1.93. The van der Waals surface area contributed by atoms with E-state index in [1.807, 2.05) is 0 Å². The summed E-state index contributed by atoms with van der Waals surface area (Å²) in [6, 6.07) is 6.89. The number of fused-ring (bicyclic) bond motifs is 2. The first-order valence-electron chi connectivity index (χ1n) is 6.46. The zero-order valence-electron chi connectivity index (χ0n) is 9.97. The average Bonchev–Trinajstić information content (AvgIpc) is 2.64. The topological polar surface area (TPSA) is 0 Å². The molecule has 0 fully saturated rings. The molecule has 1 heterocycles. The molecule has 0 N–H and O–H groups in total. The number of rotatable bonds is 0. The molecule has 3 aliphatic rings. The predicted octanol–water partition coefficient (Wildman–Crippen LogP) is 2.97. The van der Waals surface area contributed by atoms with E-state index in [1.165, 1.54) is 12.0 Å². The van der Waals surface area contributed by atoms with Crippen molar-refractivity contribution in [1.82, 2.24) is 0 Å². The summed E-state index contributed by atoms with van der Waals surface area (Å²) in [5.74, 6) is 2.29. The second kappa shape index (κ2) is 3.60. The van der Waals surface area contributed by atoms with Crippen molar-refractivity contribution in [3.63, 3.8) is 0 Å². The number of benzene rings is 1. The van der Waals surface area contributed by atoms with Crippen molar-refractivity contribution in [1.29, 1.82) is 0 Å². The van der Waals surface area contributed by atoms with E-state index in [4.69, 9.17) is 0 Å². The molecule has 1 aromatic rings. The van der Waals surface area contributed by atoms with Gasteiger partial charge < -0.3 is 0 Å². The van der Waals surface area contributed by atoms with Crippen molar-refractivity contribution >= 4 is 19.4 Å². The summed E-state index contributed by atoms with van der Waals surface area (Å²) in [5.41, 5.74) is 3.14. The van der Waals surface area contributed by atoms with Crippen molar-refractivity contribution in [3.8, 4) is 0 Å². The summed E-state index contributed by atoms with van der Waals surface area (Å²) in [6.45, 7) is 2.29. The van der Waals surface area contributed by atoms with Crippen LogP contribution in [-0.2, 0) is 0 Å². The second-order valence-electron chi connectivity index (χ2n) is 5.39. The molecular weight excluding hydrogens is 271 g/mol. The molecule has 0 amide bonds. The fraction of sp³-hybridized carbons (Fsp3) is 0.375. The molecule has 1 heteroatoms. The molecule has 4 atom stereocenters. The molecule has 0 saturated carbocycles. The molecule has 1 aliphatic heterocycles. The van der Waals surface area contributed by atoms with Crippen LogP contribution in [-0.4, -0.2) is 15.0 Å². The summed E-state index contributed by atoms with van der Waals surface area (Å²) >= 11 is 0.669. The van der Waals surface area contributed by atoms with Crippen LogP contribution in [0.15, 0.2) is 42.5 Å². The van der Waals surface area contributed by atoms with Gasteiger partial charge in [-0.3, -0.25) is 0 Å². The molecule has 1 aromatic carbocycles. The van der Waals surface area contributed by atoms with Gasteiger partial charge in [0.15, 0.2) is 0 Å². The Morgan fingerprint density at radius 3 is 3.06 bits per heavy atom. The van der Waals surface area contributed by atoms with Gasteiger partial charge in [-0.15, -0.1) is 0 Å². The summed E-state index contributed by atoms with van der Waals surface area (Å²) < 4.78 is 1.70. The second-order valence-corrected chi connectivity index (χ2v) is 7.88. The van der Waals surface area contributed by atoms with Crippen LogP contribution in [0.4, 0.5) is 0 Å². The van der Waals surface area contributed by atoms with Crippen molar-refractivity contribution in [3.05, 3.63) is 53.6 Å². The van der Waals surface area contributed by atoms with E-state index in [0.717, 1.165) is 16.7 Å². The first kappa shape index (κ1) is 10.2. The molecule has 4 bridgehead atoms. The maximum absolute atomic E-state index is 2.51.